The molecule has 0 aromatic carbocycles. The fourth-order valence-electron chi connectivity index (χ4n) is 4.07. The van der Waals surface area contributed by atoms with Crippen LogP contribution in [0.2, 0.25) is 0 Å². The number of hydrogen-bond acceptors (Lipinski definition) is 6. The minimum atomic E-state index is -5.08. The maximum Gasteiger partial charge on any atom is 0.490 e. The van der Waals surface area contributed by atoms with Crippen molar-refractivity contribution in [3.63, 3.8) is 0 Å². The summed E-state index contributed by atoms with van der Waals surface area (Å²) >= 11 is 0. The molecular weight excluding hydrogens is 512 g/mol. The number of halogens is 6. The summed E-state index contributed by atoms with van der Waals surface area (Å²) < 4.78 is 69.7. The summed E-state index contributed by atoms with van der Waals surface area (Å²) in [7, 11) is 0. The summed E-state index contributed by atoms with van der Waals surface area (Å²) in [5.74, 6) is -3.81. The second-order valence-electron chi connectivity index (χ2n) is 9.27. The molecule has 2 saturated heterocycles. The van der Waals surface area contributed by atoms with E-state index < -0.39 is 24.3 Å². The number of ether oxygens (including phenoxy) is 1. The summed E-state index contributed by atoms with van der Waals surface area (Å²) in [5, 5.41) is 14.2. The average Bonchev–Trinajstić information content (AvgIpc) is 3.60. The molecule has 1 aliphatic carbocycles. The minimum Gasteiger partial charge on any atom is -0.475 e. The highest BCUT2D eigenvalue weighted by Gasteiger charge is 2.39. The van der Waals surface area contributed by atoms with Crippen molar-refractivity contribution in [1.82, 2.24) is 14.8 Å². The van der Waals surface area contributed by atoms with Gasteiger partial charge in [-0.1, -0.05) is 6.07 Å². The van der Waals surface area contributed by atoms with Gasteiger partial charge >= 0.3 is 24.3 Å². The van der Waals surface area contributed by atoms with Crippen LogP contribution in [0.4, 0.5) is 26.3 Å². The number of aromatic nitrogens is 1. The zero-order valence-electron chi connectivity index (χ0n) is 20.3. The van der Waals surface area contributed by atoms with E-state index in [1.165, 1.54) is 44.6 Å². The number of aryl methyl sites for hydroxylation is 1. The Morgan fingerprint density at radius 2 is 1.57 bits per heavy atom. The Morgan fingerprint density at radius 1 is 0.973 bits per heavy atom. The second kappa shape index (κ2) is 13.4. The number of nitrogens with zero attached hydrogens (tertiary/aromatic N) is 3. The quantitative estimate of drug-likeness (QED) is 0.556. The topological polar surface area (TPSA) is 103 Å². The highest BCUT2D eigenvalue weighted by Crippen LogP contribution is 2.32. The largest absolute Gasteiger partial charge is 0.490 e. The van der Waals surface area contributed by atoms with E-state index in [0.29, 0.717) is 6.10 Å². The van der Waals surface area contributed by atoms with E-state index in [0.717, 1.165) is 43.8 Å². The summed E-state index contributed by atoms with van der Waals surface area (Å²) in [6, 6.07) is 6.32. The Hall–Kier alpha value is -2.45. The third-order valence-corrected chi connectivity index (χ3v) is 6.04. The van der Waals surface area contributed by atoms with Crippen LogP contribution in [0.3, 0.4) is 0 Å². The first-order chi connectivity index (χ1) is 17.1. The smallest absolute Gasteiger partial charge is 0.475 e. The molecule has 0 amide bonds. The third-order valence-electron chi connectivity index (χ3n) is 6.04. The number of carboxylic acids is 2. The van der Waals surface area contributed by atoms with Gasteiger partial charge in [-0.25, -0.2) is 9.59 Å². The number of aliphatic carboxylic acids is 2. The Morgan fingerprint density at radius 3 is 2.08 bits per heavy atom. The zero-order chi connectivity index (χ0) is 27.8. The molecular formula is C23H31F6N3O5. The van der Waals surface area contributed by atoms with E-state index in [1.807, 2.05) is 0 Å². The van der Waals surface area contributed by atoms with Crippen LogP contribution in [-0.4, -0.2) is 94.7 Å². The number of carboxylic acid groups (broad SMARTS) is 2. The van der Waals surface area contributed by atoms with Gasteiger partial charge < -0.3 is 19.8 Å². The van der Waals surface area contributed by atoms with E-state index in [-0.39, 0.29) is 0 Å². The molecule has 37 heavy (non-hydrogen) atoms. The number of fused-ring (bicyclic) bond motifs is 1. The normalized spacial score (nSPS) is 22.9. The Labute approximate surface area is 210 Å². The predicted octanol–water partition coefficient (Wildman–Crippen LogP) is 3.59. The van der Waals surface area contributed by atoms with Gasteiger partial charge in [0, 0.05) is 44.3 Å². The van der Waals surface area contributed by atoms with Gasteiger partial charge in [0.15, 0.2) is 0 Å². The van der Waals surface area contributed by atoms with Crippen molar-refractivity contribution in [2.75, 3.05) is 39.3 Å². The van der Waals surface area contributed by atoms with Crippen LogP contribution in [0.25, 0.3) is 0 Å². The van der Waals surface area contributed by atoms with Crippen LogP contribution < -0.4 is 0 Å². The molecule has 4 rings (SSSR count). The van der Waals surface area contributed by atoms with Gasteiger partial charge in [-0.15, -0.1) is 0 Å². The molecule has 2 atom stereocenters. The van der Waals surface area contributed by atoms with Crippen molar-refractivity contribution in [1.29, 1.82) is 0 Å². The number of carbonyl (C=O) groups is 2. The lowest BCUT2D eigenvalue weighted by atomic mass is 9.93. The molecule has 1 aromatic rings. The summed E-state index contributed by atoms with van der Waals surface area (Å²) in [6.45, 7) is 9.86. The molecule has 3 aliphatic rings. The molecule has 0 unspecified atom stereocenters. The van der Waals surface area contributed by atoms with Crippen molar-refractivity contribution >= 4 is 11.9 Å². The fourth-order valence-corrected chi connectivity index (χ4v) is 4.07. The summed E-state index contributed by atoms with van der Waals surface area (Å²) in [6.07, 6.45) is -5.60. The SMILES string of the molecule is Cc1cccc(CN2CC[C@@H]3CN(CC4CC4)CCO[C@@H]3C2)n1.O=C(O)C(F)(F)F.O=C(O)C(F)(F)F. The van der Waals surface area contributed by atoms with Crippen LogP contribution in [0, 0.1) is 18.8 Å². The predicted molar refractivity (Wildman–Crippen MR) is 119 cm³/mol. The van der Waals surface area contributed by atoms with Gasteiger partial charge in [-0.2, -0.15) is 26.3 Å². The molecule has 1 saturated carbocycles. The molecule has 2 aliphatic heterocycles. The highest BCUT2D eigenvalue weighted by molar-refractivity contribution is 5.73. The Kier molecular flexibility index (Phi) is 11.1. The van der Waals surface area contributed by atoms with Crippen molar-refractivity contribution in [3.8, 4) is 0 Å². The van der Waals surface area contributed by atoms with E-state index in [4.69, 9.17) is 24.5 Å². The van der Waals surface area contributed by atoms with Gasteiger partial charge in [-0.05, 0) is 50.8 Å². The van der Waals surface area contributed by atoms with Crippen molar-refractivity contribution in [2.24, 2.45) is 11.8 Å². The van der Waals surface area contributed by atoms with E-state index >= 15 is 0 Å². The minimum absolute atomic E-state index is 0.415. The first-order valence-electron chi connectivity index (χ1n) is 11.7. The molecule has 3 heterocycles. The van der Waals surface area contributed by atoms with Gasteiger partial charge in [0.05, 0.1) is 18.4 Å². The van der Waals surface area contributed by atoms with Gasteiger partial charge in [0.25, 0.3) is 0 Å². The standard InChI is InChI=1S/C19H29N3O.2C2HF3O2/c1-15-3-2-4-18(20-15)13-21-8-7-17-12-22(11-16-5-6-16)9-10-23-19(17)14-21;2*3-2(4,5)1(6)7/h2-4,16-17,19H,5-14H2,1H3;2*(H,6,7)/t17-,19-;;/m1../s1. The number of rotatable bonds is 4. The fraction of sp³-hybridized carbons (Fsp3) is 0.696. The Bertz CT molecular complexity index is 870. The van der Waals surface area contributed by atoms with E-state index in [9.17, 15) is 26.3 Å². The van der Waals surface area contributed by atoms with Crippen LogP contribution in [-0.2, 0) is 20.9 Å². The molecule has 0 bridgehead atoms. The summed E-state index contributed by atoms with van der Waals surface area (Å²) in [5.41, 5.74) is 2.30. The van der Waals surface area contributed by atoms with Gasteiger partial charge in [0.2, 0.25) is 0 Å². The lowest BCUT2D eigenvalue weighted by Gasteiger charge is -2.38. The van der Waals surface area contributed by atoms with Crippen LogP contribution in [0.5, 0.6) is 0 Å². The first-order valence-corrected chi connectivity index (χ1v) is 11.7. The number of piperidine rings is 1. The van der Waals surface area contributed by atoms with E-state index in [1.54, 1.807) is 0 Å². The summed E-state index contributed by atoms with van der Waals surface area (Å²) in [4.78, 5) is 27.6. The van der Waals surface area contributed by atoms with Crippen LogP contribution in [0.1, 0.15) is 30.7 Å². The van der Waals surface area contributed by atoms with Crippen LogP contribution in [0.15, 0.2) is 18.2 Å². The van der Waals surface area contributed by atoms with Gasteiger partial charge in [-0.3, -0.25) is 9.88 Å². The molecule has 0 spiro atoms. The maximum atomic E-state index is 10.6. The number of pyridine rings is 1. The molecule has 210 valence electrons. The number of alkyl halides is 6. The first kappa shape index (κ1) is 30.8. The molecule has 3 fully saturated rings. The van der Waals surface area contributed by atoms with E-state index in [2.05, 4.69) is 39.9 Å². The molecule has 0 radical (unpaired) electrons. The van der Waals surface area contributed by atoms with Crippen LogP contribution >= 0.6 is 0 Å². The molecule has 2 N–H and O–H groups in total. The third kappa shape index (κ3) is 11.6. The highest BCUT2D eigenvalue weighted by atomic mass is 19.4. The van der Waals surface area contributed by atoms with Gasteiger partial charge in [0.1, 0.15) is 0 Å². The Balaban J connectivity index is 0.000000286. The van der Waals surface area contributed by atoms with Crippen molar-refractivity contribution in [2.45, 2.75) is 51.2 Å². The average molecular weight is 544 g/mol. The van der Waals surface area contributed by atoms with Crippen molar-refractivity contribution in [3.05, 3.63) is 29.6 Å². The maximum absolute atomic E-state index is 10.6. The zero-order valence-corrected chi connectivity index (χ0v) is 20.3. The van der Waals surface area contributed by atoms with Crippen molar-refractivity contribution < 1.29 is 50.9 Å². The molecule has 14 heteroatoms. The second-order valence-corrected chi connectivity index (χ2v) is 9.27. The lowest BCUT2D eigenvalue weighted by Crippen LogP contribution is -2.46. The molecule has 1 aromatic heterocycles. The number of likely N-dealkylation sites (tertiary alicyclic amines) is 1. The number of hydrogen-bond donors (Lipinski definition) is 2. The lowest BCUT2D eigenvalue weighted by molar-refractivity contribution is -0.193. The monoisotopic (exact) mass is 543 g/mol. The molecule has 8 nitrogen and oxygen atoms in total.